The Labute approximate surface area is 170 Å². The van der Waals surface area contributed by atoms with Crippen LogP contribution in [-0.4, -0.2) is 51.4 Å². The van der Waals surface area contributed by atoms with Crippen LogP contribution in [0.1, 0.15) is 24.2 Å². The molecular weight excluding hydrogens is 396 g/mol. The Morgan fingerprint density at radius 1 is 1.10 bits per heavy atom. The number of nitrogens with one attached hydrogen (secondary N) is 1. The lowest BCUT2D eigenvalue weighted by Crippen LogP contribution is -2.30. The van der Waals surface area contributed by atoms with E-state index in [4.69, 9.17) is 9.47 Å². The Morgan fingerprint density at radius 3 is 2.45 bits per heavy atom. The first-order chi connectivity index (χ1) is 13.7. The Balaban J connectivity index is 2.09. The Kier molecular flexibility index (Phi) is 7.35. The number of anilines is 1. The van der Waals surface area contributed by atoms with Gasteiger partial charge >= 0.3 is 5.97 Å². The third-order valence-electron chi connectivity index (χ3n) is 3.94. The fraction of sp³-hybridized carbons (Fsp3) is 0.300. The number of sulfonamides is 1. The van der Waals surface area contributed by atoms with Crippen molar-refractivity contribution in [2.24, 2.45) is 0 Å². The summed E-state index contributed by atoms with van der Waals surface area (Å²) in [6.07, 6.45) is -1.11. The number of nitrogens with zero attached hydrogens (tertiary/aromatic N) is 1. The van der Waals surface area contributed by atoms with Gasteiger partial charge in [0.15, 0.2) is 6.10 Å². The van der Waals surface area contributed by atoms with Gasteiger partial charge in [-0.15, -0.1) is 0 Å². The first kappa shape index (κ1) is 22.4. The number of carbonyl (C=O) groups excluding carboxylic acids is 2. The quantitative estimate of drug-likeness (QED) is 0.659. The normalized spacial score (nSPS) is 12.3. The van der Waals surface area contributed by atoms with Crippen molar-refractivity contribution in [3.8, 4) is 5.75 Å². The molecule has 2 rings (SSSR count). The highest BCUT2D eigenvalue weighted by atomic mass is 32.2. The molecule has 9 heteroatoms. The second-order valence-electron chi connectivity index (χ2n) is 6.28. The van der Waals surface area contributed by atoms with E-state index in [1.807, 2.05) is 0 Å². The zero-order chi connectivity index (χ0) is 21.6. The molecule has 0 aliphatic carbocycles. The molecule has 0 aromatic heterocycles. The van der Waals surface area contributed by atoms with E-state index in [0.29, 0.717) is 12.4 Å². The van der Waals surface area contributed by atoms with Gasteiger partial charge in [-0.25, -0.2) is 17.5 Å². The molecule has 1 atom stereocenters. The summed E-state index contributed by atoms with van der Waals surface area (Å²) < 4.78 is 36.2. The fourth-order valence-electron chi connectivity index (χ4n) is 2.38. The van der Waals surface area contributed by atoms with Crippen LogP contribution in [0.4, 0.5) is 5.69 Å². The zero-order valence-electron chi connectivity index (χ0n) is 16.7. The highest BCUT2D eigenvalue weighted by Gasteiger charge is 2.22. The molecule has 0 saturated heterocycles. The first-order valence-electron chi connectivity index (χ1n) is 8.93. The molecule has 2 aromatic carbocycles. The number of rotatable bonds is 8. The van der Waals surface area contributed by atoms with Gasteiger partial charge in [-0.1, -0.05) is 18.2 Å². The molecule has 1 amide bonds. The molecule has 2 aromatic rings. The van der Waals surface area contributed by atoms with Crippen LogP contribution < -0.4 is 10.1 Å². The van der Waals surface area contributed by atoms with E-state index in [9.17, 15) is 18.0 Å². The van der Waals surface area contributed by atoms with Crippen LogP contribution in [0.5, 0.6) is 5.75 Å². The fourth-order valence-corrected chi connectivity index (χ4v) is 3.33. The van der Waals surface area contributed by atoms with Gasteiger partial charge in [-0.3, -0.25) is 4.79 Å². The molecule has 0 unspecified atom stereocenters. The number of amides is 1. The number of esters is 1. The SMILES string of the molecule is CCOc1ccccc1C(=O)O[C@@H](C)C(=O)Nc1cccc(S(=O)(=O)N(C)C)c1. The highest BCUT2D eigenvalue weighted by molar-refractivity contribution is 7.89. The largest absolute Gasteiger partial charge is 0.493 e. The molecule has 29 heavy (non-hydrogen) atoms. The summed E-state index contributed by atoms with van der Waals surface area (Å²) in [4.78, 5) is 24.8. The number of hydrogen-bond acceptors (Lipinski definition) is 6. The molecule has 0 heterocycles. The minimum absolute atomic E-state index is 0.0376. The van der Waals surface area contributed by atoms with Crippen LogP contribution >= 0.6 is 0 Å². The molecule has 0 saturated carbocycles. The molecule has 0 radical (unpaired) electrons. The van der Waals surface area contributed by atoms with E-state index >= 15 is 0 Å². The summed E-state index contributed by atoms with van der Waals surface area (Å²) in [5, 5.41) is 2.56. The number of ether oxygens (including phenoxy) is 2. The van der Waals surface area contributed by atoms with Gasteiger partial charge < -0.3 is 14.8 Å². The second kappa shape index (κ2) is 9.53. The van der Waals surface area contributed by atoms with E-state index < -0.39 is 28.0 Å². The van der Waals surface area contributed by atoms with E-state index in [-0.39, 0.29) is 16.1 Å². The van der Waals surface area contributed by atoms with E-state index in [1.54, 1.807) is 37.3 Å². The number of para-hydroxylation sites is 1. The Bertz CT molecular complexity index is 988. The van der Waals surface area contributed by atoms with E-state index in [1.165, 1.54) is 39.2 Å². The first-order valence-corrected chi connectivity index (χ1v) is 10.4. The summed E-state index contributed by atoms with van der Waals surface area (Å²) in [7, 11) is -0.800. The second-order valence-corrected chi connectivity index (χ2v) is 8.43. The molecule has 8 nitrogen and oxygen atoms in total. The lowest BCUT2D eigenvalue weighted by atomic mass is 10.2. The van der Waals surface area contributed by atoms with Gasteiger partial charge in [0.1, 0.15) is 11.3 Å². The van der Waals surface area contributed by atoms with Crippen molar-refractivity contribution in [2.45, 2.75) is 24.8 Å². The minimum atomic E-state index is -3.64. The molecule has 156 valence electrons. The Hall–Kier alpha value is -2.91. The van der Waals surface area contributed by atoms with Gasteiger partial charge in [0.05, 0.1) is 11.5 Å². The van der Waals surface area contributed by atoms with Crippen molar-refractivity contribution < 1.29 is 27.5 Å². The van der Waals surface area contributed by atoms with Gasteiger partial charge in [-0.05, 0) is 44.2 Å². The lowest BCUT2D eigenvalue weighted by Gasteiger charge is -2.16. The molecule has 1 N–H and O–H groups in total. The van der Waals surface area contributed by atoms with Crippen molar-refractivity contribution in [3.63, 3.8) is 0 Å². The van der Waals surface area contributed by atoms with Gasteiger partial charge in [0, 0.05) is 19.8 Å². The van der Waals surface area contributed by atoms with Crippen LogP contribution in [-0.2, 0) is 19.6 Å². The standard InChI is InChI=1S/C20H24N2O6S/c1-5-27-18-12-7-6-11-17(18)20(24)28-14(2)19(23)21-15-9-8-10-16(13-15)29(25,26)22(3)4/h6-14H,5H2,1-4H3,(H,21,23)/t14-/m0/s1. The maximum Gasteiger partial charge on any atom is 0.342 e. The zero-order valence-corrected chi connectivity index (χ0v) is 17.5. The summed E-state index contributed by atoms with van der Waals surface area (Å²) >= 11 is 0. The average Bonchev–Trinajstić information content (AvgIpc) is 2.68. The predicted molar refractivity (Wildman–Crippen MR) is 108 cm³/mol. The molecular formula is C20H24N2O6S. The molecule has 0 aliphatic rings. The number of hydrogen-bond donors (Lipinski definition) is 1. The van der Waals surface area contributed by atoms with Crippen LogP contribution in [0.2, 0.25) is 0 Å². The van der Waals surface area contributed by atoms with Crippen LogP contribution in [0, 0.1) is 0 Å². The smallest absolute Gasteiger partial charge is 0.342 e. The predicted octanol–water partition coefficient (Wildman–Crippen LogP) is 2.52. The maximum atomic E-state index is 12.4. The molecule has 0 spiro atoms. The molecule has 0 fully saturated rings. The van der Waals surface area contributed by atoms with Crippen molar-refractivity contribution in [2.75, 3.05) is 26.0 Å². The molecule has 0 bridgehead atoms. The number of carbonyl (C=O) groups is 2. The average molecular weight is 420 g/mol. The van der Waals surface area contributed by atoms with Crippen molar-refractivity contribution in [1.82, 2.24) is 4.31 Å². The van der Waals surface area contributed by atoms with Crippen LogP contribution in [0.25, 0.3) is 0 Å². The lowest BCUT2D eigenvalue weighted by molar-refractivity contribution is -0.123. The van der Waals surface area contributed by atoms with Gasteiger partial charge in [0.2, 0.25) is 10.0 Å². The van der Waals surface area contributed by atoms with Crippen molar-refractivity contribution >= 4 is 27.6 Å². The summed E-state index contributed by atoms with van der Waals surface area (Å²) in [5.41, 5.74) is 0.489. The third kappa shape index (κ3) is 5.55. The van der Waals surface area contributed by atoms with Crippen molar-refractivity contribution in [1.29, 1.82) is 0 Å². The Morgan fingerprint density at radius 2 is 1.79 bits per heavy atom. The topological polar surface area (TPSA) is 102 Å². The van der Waals surface area contributed by atoms with Crippen LogP contribution in [0.15, 0.2) is 53.4 Å². The summed E-state index contributed by atoms with van der Waals surface area (Å²) in [5.74, 6) is -0.915. The molecule has 0 aliphatic heterocycles. The summed E-state index contributed by atoms with van der Waals surface area (Å²) in [6, 6.07) is 12.4. The monoisotopic (exact) mass is 420 g/mol. The van der Waals surface area contributed by atoms with E-state index in [2.05, 4.69) is 5.32 Å². The minimum Gasteiger partial charge on any atom is -0.493 e. The van der Waals surface area contributed by atoms with E-state index in [0.717, 1.165) is 4.31 Å². The number of benzene rings is 2. The maximum absolute atomic E-state index is 12.4. The highest BCUT2D eigenvalue weighted by Crippen LogP contribution is 2.21. The van der Waals surface area contributed by atoms with Crippen LogP contribution in [0.3, 0.4) is 0 Å². The van der Waals surface area contributed by atoms with Gasteiger partial charge in [0.25, 0.3) is 5.91 Å². The van der Waals surface area contributed by atoms with Gasteiger partial charge in [-0.2, -0.15) is 0 Å². The third-order valence-corrected chi connectivity index (χ3v) is 5.75. The summed E-state index contributed by atoms with van der Waals surface area (Å²) in [6.45, 7) is 3.60. The van der Waals surface area contributed by atoms with Crippen molar-refractivity contribution in [3.05, 3.63) is 54.1 Å².